The number of thiazole rings is 1. The summed E-state index contributed by atoms with van der Waals surface area (Å²) in [7, 11) is 0. The van der Waals surface area contributed by atoms with Crippen molar-refractivity contribution in [3.8, 4) is 0 Å². The zero-order chi connectivity index (χ0) is 16.5. The zero-order valence-electron chi connectivity index (χ0n) is 12.2. The van der Waals surface area contributed by atoms with Crippen LogP contribution in [0.3, 0.4) is 0 Å². The first-order chi connectivity index (χ1) is 11.7. The van der Waals surface area contributed by atoms with Crippen LogP contribution in [0, 0.1) is 5.82 Å². The molecular weight excluding hydrogens is 345 g/mol. The fraction of sp³-hybridized carbons (Fsp3) is 0. The summed E-state index contributed by atoms with van der Waals surface area (Å²) in [5.74, 6) is 0.111. The van der Waals surface area contributed by atoms with E-state index >= 15 is 0 Å². The molecule has 0 spiro atoms. The molecule has 0 amide bonds. The molecule has 0 aliphatic rings. The quantitative estimate of drug-likeness (QED) is 0.567. The summed E-state index contributed by atoms with van der Waals surface area (Å²) in [6.45, 7) is 0. The number of rotatable bonds is 3. The molecule has 4 aromatic rings. The van der Waals surface area contributed by atoms with Gasteiger partial charge in [0.05, 0.1) is 4.53 Å². The molecule has 4 rings (SSSR count). The molecule has 0 radical (unpaired) electrons. The third-order valence-electron chi connectivity index (χ3n) is 3.33. The summed E-state index contributed by atoms with van der Waals surface area (Å²) in [6.07, 6.45) is 5.20. The van der Waals surface area contributed by atoms with Crippen LogP contribution in [0.15, 0.2) is 46.6 Å². The molecule has 0 saturated carbocycles. The van der Waals surface area contributed by atoms with Crippen molar-refractivity contribution in [2.75, 3.05) is 0 Å². The monoisotopic (exact) mass is 355 g/mol. The molecule has 1 aromatic carbocycles. The highest BCUT2D eigenvalue weighted by molar-refractivity contribution is 7.15. The molecule has 0 fully saturated rings. The number of fused-ring (bicyclic) bond motifs is 1. The Morgan fingerprint density at radius 2 is 2.00 bits per heavy atom. The molecule has 4 nitrogen and oxygen atoms in total. The molecule has 118 valence electrons. The lowest BCUT2D eigenvalue weighted by Crippen LogP contribution is -2.23. The lowest BCUT2D eigenvalue weighted by atomic mass is 10.2. The normalized spacial score (nSPS) is 12.6. The minimum absolute atomic E-state index is 0.290. The Morgan fingerprint density at radius 1 is 1.12 bits per heavy atom. The predicted molar refractivity (Wildman–Crippen MR) is 95.6 cm³/mol. The van der Waals surface area contributed by atoms with Crippen LogP contribution in [0.5, 0.6) is 0 Å². The Bertz CT molecular complexity index is 1140. The number of aromatic nitrogens is 3. The van der Waals surface area contributed by atoms with Crippen molar-refractivity contribution in [2.45, 2.75) is 0 Å². The Kier molecular flexibility index (Phi) is 3.79. The summed E-state index contributed by atoms with van der Waals surface area (Å²) < 4.78 is 15.4. The summed E-state index contributed by atoms with van der Waals surface area (Å²) in [6, 6.07) is 10.3. The van der Waals surface area contributed by atoms with E-state index in [1.807, 2.05) is 23.6 Å². The van der Waals surface area contributed by atoms with E-state index in [0.717, 1.165) is 4.88 Å². The molecule has 24 heavy (non-hydrogen) atoms. The fourth-order valence-corrected chi connectivity index (χ4v) is 3.72. The van der Waals surface area contributed by atoms with Gasteiger partial charge < -0.3 is 0 Å². The van der Waals surface area contributed by atoms with Gasteiger partial charge in [-0.15, -0.1) is 16.4 Å². The van der Waals surface area contributed by atoms with Crippen molar-refractivity contribution in [3.05, 3.63) is 78.7 Å². The molecule has 7 heteroatoms. The van der Waals surface area contributed by atoms with Crippen LogP contribution in [0.4, 0.5) is 4.39 Å². The molecule has 0 bridgehead atoms. The van der Waals surface area contributed by atoms with Gasteiger partial charge in [-0.3, -0.25) is 4.79 Å². The number of hydrogen-bond acceptors (Lipinski definition) is 5. The van der Waals surface area contributed by atoms with Crippen LogP contribution < -0.4 is 10.1 Å². The smallest absolute Gasteiger partial charge is 0.266 e. The summed E-state index contributed by atoms with van der Waals surface area (Å²) in [5, 5.41) is 6.19. The number of thiophene rings is 1. The first kappa shape index (κ1) is 14.9. The highest BCUT2D eigenvalue weighted by Crippen LogP contribution is 2.13. The van der Waals surface area contributed by atoms with Gasteiger partial charge in [0.15, 0.2) is 5.82 Å². The average molecular weight is 355 g/mol. The van der Waals surface area contributed by atoms with Crippen molar-refractivity contribution in [1.82, 2.24) is 14.6 Å². The summed E-state index contributed by atoms with van der Waals surface area (Å²) in [5.41, 5.74) is 0.0819. The Balaban J connectivity index is 1.74. The first-order valence-electron chi connectivity index (χ1n) is 7.08. The minimum atomic E-state index is -0.365. The zero-order valence-corrected chi connectivity index (χ0v) is 13.9. The second-order valence-electron chi connectivity index (χ2n) is 4.95. The SMILES string of the molecule is O=c1c(=Cc2ccccc2F)sc2nc(C=Cc3cccs3)nn12. The molecule has 0 atom stereocenters. The average Bonchev–Trinajstić information content (AvgIpc) is 3.27. The third-order valence-corrected chi connectivity index (χ3v) is 5.13. The summed E-state index contributed by atoms with van der Waals surface area (Å²) >= 11 is 2.81. The van der Waals surface area contributed by atoms with Gasteiger partial charge in [0.2, 0.25) is 4.96 Å². The van der Waals surface area contributed by atoms with Crippen LogP contribution in [-0.4, -0.2) is 14.6 Å². The van der Waals surface area contributed by atoms with E-state index in [9.17, 15) is 9.18 Å². The summed E-state index contributed by atoms with van der Waals surface area (Å²) in [4.78, 5) is 18.3. The number of nitrogens with zero attached hydrogens (tertiary/aromatic N) is 3. The largest absolute Gasteiger partial charge is 0.291 e. The van der Waals surface area contributed by atoms with Crippen LogP contribution in [0.25, 0.3) is 23.2 Å². The van der Waals surface area contributed by atoms with E-state index in [1.54, 1.807) is 35.6 Å². The van der Waals surface area contributed by atoms with Gasteiger partial charge >= 0.3 is 0 Å². The lowest BCUT2D eigenvalue weighted by molar-refractivity contribution is 0.625. The van der Waals surface area contributed by atoms with E-state index in [4.69, 9.17) is 0 Å². The van der Waals surface area contributed by atoms with Gasteiger partial charge in [0.25, 0.3) is 5.56 Å². The maximum Gasteiger partial charge on any atom is 0.291 e. The highest BCUT2D eigenvalue weighted by atomic mass is 32.1. The predicted octanol–water partition coefficient (Wildman–Crippen LogP) is 3.07. The number of halogens is 1. The lowest BCUT2D eigenvalue weighted by Gasteiger charge is -1.92. The molecular formula is C17H10FN3OS2. The van der Waals surface area contributed by atoms with E-state index in [1.165, 1.54) is 28.0 Å². The van der Waals surface area contributed by atoms with Crippen molar-refractivity contribution in [2.24, 2.45) is 0 Å². The Hall–Kier alpha value is -2.64. The second-order valence-corrected chi connectivity index (χ2v) is 6.94. The van der Waals surface area contributed by atoms with Crippen LogP contribution in [0.1, 0.15) is 16.3 Å². The first-order valence-corrected chi connectivity index (χ1v) is 8.78. The highest BCUT2D eigenvalue weighted by Gasteiger charge is 2.09. The maximum absolute atomic E-state index is 13.7. The van der Waals surface area contributed by atoms with Crippen molar-refractivity contribution in [1.29, 1.82) is 0 Å². The second kappa shape index (κ2) is 6.10. The van der Waals surface area contributed by atoms with E-state index in [0.29, 0.717) is 20.9 Å². The molecule has 0 N–H and O–H groups in total. The van der Waals surface area contributed by atoms with Gasteiger partial charge in [-0.25, -0.2) is 4.39 Å². The van der Waals surface area contributed by atoms with Crippen molar-refractivity contribution < 1.29 is 4.39 Å². The van der Waals surface area contributed by atoms with Gasteiger partial charge in [-0.2, -0.15) is 9.50 Å². The molecule has 0 aliphatic heterocycles. The maximum atomic E-state index is 13.7. The van der Waals surface area contributed by atoms with Gasteiger partial charge in [0, 0.05) is 10.4 Å². The Morgan fingerprint density at radius 3 is 2.75 bits per heavy atom. The Labute approximate surface area is 143 Å². The minimum Gasteiger partial charge on any atom is -0.266 e. The molecule has 0 unspecified atom stereocenters. The van der Waals surface area contributed by atoms with Crippen LogP contribution in [-0.2, 0) is 0 Å². The number of hydrogen-bond donors (Lipinski definition) is 0. The van der Waals surface area contributed by atoms with E-state index in [-0.39, 0.29) is 11.4 Å². The van der Waals surface area contributed by atoms with E-state index < -0.39 is 0 Å². The van der Waals surface area contributed by atoms with Crippen LogP contribution in [0.2, 0.25) is 0 Å². The molecule has 0 saturated heterocycles. The topological polar surface area (TPSA) is 47.3 Å². The van der Waals surface area contributed by atoms with Crippen LogP contribution >= 0.6 is 22.7 Å². The molecule has 3 aromatic heterocycles. The fourth-order valence-electron chi connectivity index (χ4n) is 2.20. The third kappa shape index (κ3) is 2.79. The van der Waals surface area contributed by atoms with Crippen molar-refractivity contribution in [3.63, 3.8) is 0 Å². The standard InChI is InChI=1S/C17H10FN3OS2/c18-13-6-2-1-4-11(13)10-14-16(22)21-17(24-14)19-15(20-21)8-7-12-5-3-9-23-12/h1-10H. The molecule has 0 aliphatic carbocycles. The van der Waals surface area contributed by atoms with Gasteiger partial charge in [-0.1, -0.05) is 35.6 Å². The number of benzene rings is 1. The van der Waals surface area contributed by atoms with Gasteiger partial charge in [-0.05, 0) is 35.7 Å². The van der Waals surface area contributed by atoms with Crippen molar-refractivity contribution >= 4 is 45.9 Å². The molecule has 3 heterocycles. The van der Waals surface area contributed by atoms with Gasteiger partial charge in [0.1, 0.15) is 5.82 Å². The van der Waals surface area contributed by atoms with E-state index in [2.05, 4.69) is 10.1 Å².